The first kappa shape index (κ1) is 17.1. The van der Waals surface area contributed by atoms with Gasteiger partial charge in [-0.05, 0) is 32.9 Å². The molecule has 24 heavy (non-hydrogen) atoms. The van der Waals surface area contributed by atoms with Crippen molar-refractivity contribution in [3.8, 4) is 10.6 Å². The van der Waals surface area contributed by atoms with E-state index in [1.54, 1.807) is 0 Å². The molecule has 3 rings (SSSR count). The van der Waals surface area contributed by atoms with Crippen LogP contribution in [-0.2, 0) is 0 Å². The number of hydrogen-bond donors (Lipinski definition) is 1. The normalized spacial score (nSPS) is 15.9. The average Bonchev–Trinajstić information content (AvgIpc) is 2.81. The zero-order chi connectivity index (χ0) is 16.8. The lowest BCUT2D eigenvalue weighted by Gasteiger charge is -2.19. The molecule has 128 valence electrons. The van der Waals surface area contributed by atoms with Gasteiger partial charge < -0.3 is 10.2 Å². The smallest absolute Gasteiger partial charge is 0.263 e. The minimum atomic E-state index is 0.00185. The van der Waals surface area contributed by atoms with Gasteiger partial charge in [-0.15, -0.1) is 11.3 Å². The number of aromatic nitrogens is 1. The van der Waals surface area contributed by atoms with Crippen molar-refractivity contribution in [1.82, 2.24) is 15.2 Å². The van der Waals surface area contributed by atoms with E-state index in [0.717, 1.165) is 40.8 Å². The van der Waals surface area contributed by atoms with Gasteiger partial charge >= 0.3 is 0 Å². The molecule has 0 atom stereocenters. The van der Waals surface area contributed by atoms with Gasteiger partial charge in [-0.2, -0.15) is 0 Å². The molecular formula is C19H25N3OS. The molecular weight excluding hydrogens is 318 g/mol. The van der Waals surface area contributed by atoms with Crippen molar-refractivity contribution in [2.75, 3.05) is 26.2 Å². The Morgan fingerprint density at radius 1 is 1.17 bits per heavy atom. The molecule has 1 N–H and O–H groups in total. The quantitative estimate of drug-likeness (QED) is 0.900. The molecule has 0 aliphatic carbocycles. The Labute approximate surface area is 147 Å². The molecule has 1 aromatic heterocycles. The van der Waals surface area contributed by atoms with Crippen molar-refractivity contribution >= 4 is 17.2 Å². The van der Waals surface area contributed by atoms with Crippen molar-refractivity contribution in [2.45, 2.75) is 32.6 Å². The van der Waals surface area contributed by atoms with Crippen molar-refractivity contribution in [3.63, 3.8) is 0 Å². The van der Waals surface area contributed by atoms with E-state index < -0.39 is 0 Å². The molecule has 1 fully saturated rings. The first-order valence-corrected chi connectivity index (χ1v) is 9.59. The molecule has 1 aromatic carbocycles. The molecule has 4 nitrogen and oxygen atoms in total. The second-order valence-electron chi connectivity index (χ2n) is 6.31. The summed E-state index contributed by atoms with van der Waals surface area (Å²) in [4.78, 5) is 20.2. The van der Waals surface area contributed by atoms with Gasteiger partial charge in [0.1, 0.15) is 9.88 Å². The number of carbonyl (C=O) groups is 1. The van der Waals surface area contributed by atoms with Gasteiger partial charge in [0.05, 0.1) is 5.69 Å². The van der Waals surface area contributed by atoms with E-state index in [2.05, 4.69) is 15.2 Å². The summed E-state index contributed by atoms with van der Waals surface area (Å²) in [5.74, 6) is 0.00185. The molecule has 0 bridgehead atoms. The van der Waals surface area contributed by atoms with E-state index >= 15 is 0 Å². The van der Waals surface area contributed by atoms with E-state index in [4.69, 9.17) is 0 Å². The number of benzene rings is 1. The van der Waals surface area contributed by atoms with Crippen LogP contribution in [0.1, 0.15) is 41.0 Å². The largest absolute Gasteiger partial charge is 0.350 e. The van der Waals surface area contributed by atoms with Crippen LogP contribution in [0.15, 0.2) is 30.3 Å². The molecule has 2 aromatic rings. The lowest BCUT2D eigenvalue weighted by Crippen LogP contribution is -2.35. The fraction of sp³-hybridized carbons (Fsp3) is 0.474. The van der Waals surface area contributed by atoms with Gasteiger partial charge in [-0.1, -0.05) is 43.2 Å². The third-order valence-electron chi connectivity index (χ3n) is 4.44. The first-order valence-electron chi connectivity index (χ1n) is 8.77. The Kier molecular flexibility index (Phi) is 5.99. The average molecular weight is 343 g/mol. The molecule has 1 aliphatic heterocycles. The van der Waals surface area contributed by atoms with Gasteiger partial charge in [0, 0.05) is 18.7 Å². The van der Waals surface area contributed by atoms with E-state index in [1.165, 1.54) is 37.0 Å². The molecule has 1 amide bonds. The summed E-state index contributed by atoms with van der Waals surface area (Å²) in [5, 5.41) is 3.97. The third-order valence-corrected chi connectivity index (χ3v) is 5.64. The number of likely N-dealkylation sites (tertiary alicyclic amines) is 1. The highest BCUT2D eigenvalue weighted by molar-refractivity contribution is 7.17. The molecule has 1 saturated heterocycles. The number of aryl methyl sites for hydroxylation is 1. The number of nitrogens with one attached hydrogen (secondary N) is 1. The van der Waals surface area contributed by atoms with Crippen molar-refractivity contribution in [2.24, 2.45) is 0 Å². The molecule has 1 aliphatic rings. The summed E-state index contributed by atoms with van der Waals surface area (Å²) in [7, 11) is 0. The summed E-state index contributed by atoms with van der Waals surface area (Å²) in [6, 6.07) is 10.0. The lowest BCUT2D eigenvalue weighted by atomic mass is 10.2. The lowest BCUT2D eigenvalue weighted by molar-refractivity contribution is 0.0952. The fourth-order valence-electron chi connectivity index (χ4n) is 3.08. The minimum absolute atomic E-state index is 0.00185. The van der Waals surface area contributed by atoms with E-state index in [0.29, 0.717) is 6.54 Å². The highest BCUT2D eigenvalue weighted by Gasteiger charge is 2.16. The van der Waals surface area contributed by atoms with Crippen molar-refractivity contribution < 1.29 is 4.79 Å². The van der Waals surface area contributed by atoms with Crippen LogP contribution in [0.4, 0.5) is 0 Å². The standard InChI is InChI=1S/C19H25N3OS/c1-15-17(24-19(21-15)16-9-5-4-6-10-16)18(23)20-11-14-22-12-7-2-3-8-13-22/h4-6,9-10H,2-3,7-8,11-14H2,1H3,(H,20,23). The summed E-state index contributed by atoms with van der Waals surface area (Å²) >= 11 is 1.47. The molecule has 0 radical (unpaired) electrons. The maximum Gasteiger partial charge on any atom is 0.263 e. The molecule has 2 heterocycles. The summed E-state index contributed by atoms with van der Waals surface area (Å²) < 4.78 is 0. The second kappa shape index (κ2) is 8.40. The Bertz CT molecular complexity index is 661. The van der Waals surface area contributed by atoms with Crippen LogP contribution >= 0.6 is 11.3 Å². The van der Waals surface area contributed by atoms with E-state index in [1.807, 2.05) is 37.3 Å². The zero-order valence-corrected chi connectivity index (χ0v) is 15.1. The fourth-order valence-corrected chi connectivity index (χ4v) is 4.07. The van der Waals surface area contributed by atoms with Gasteiger partial charge in [-0.25, -0.2) is 4.98 Å². The zero-order valence-electron chi connectivity index (χ0n) is 14.3. The van der Waals surface area contributed by atoms with Gasteiger partial charge in [0.2, 0.25) is 0 Å². The molecule has 0 unspecified atom stereocenters. The van der Waals surface area contributed by atoms with Gasteiger partial charge in [0.15, 0.2) is 0 Å². The number of nitrogens with zero attached hydrogens (tertiary/aromatic N) is 2. The van der Waals surface area contributed by atoms with E-state index in [-0.39, 0.29) is 5.91 Å². The molecule has 5 heteroatoms. The minimum Gasteiger partial charge on any atom is -0.350 e. The van der Waals surface area contributed by atoms with Crippen molar-refractivity contribution in [1.29, 1.82) is 0 Å². The monoisotopic (exact) mass is 343 g/mol. The Morgan fingerprint density at radius 3 is 2.58 bits per heavy atom. The van der Waals surface area contributed by atoms with Crippen LogP contribution in [0, 0.1) is 6.92 Å². The Hall–Kier alpha value is -1.72. The highest BCUT2D eigenvalue weighted by atomic mass is 32.1. The van der Waals surface area contributed by atoms with Crippen LogP contribution in [-0.4, -0.2) is 42.0 Å². The van der Waals surface area contributed by atoms with E-state index in [9.17, 15) is 4.79 Å². The highest BCUT2D eigenvalue weighted by Crippen LogP contribution is 2.27. The number of thiazole rings is 1. The van der Waals surface area contributed by atoms with Crippen LogP contribution in [0.2, 0.25) is 0 Å². The van der Waals surface area contributed by atoms with Crippen LogP contribution in [0.3, 0.4) is 0 Å². The van der Waals surface area contributed by atoms with Crippen molar-refractivity contribution in [3.05, 3.63) is 40.9 Å². The predicted octanol–water partition coefficient (Wildman–Crippen LogP) is 3.72. The SMILES string of the molecule is Cc1nc(-c2ccccc2)sc1C(=O)NCCN1CCCCCC1. The molecule has 0 spiro atoms. The van der Waals surface area contributed by atoms with Gasteiger partial charge in [0.25, 0.3) is 5.91 Å². The number of amides is 1. The maximum atomic E-state index is 12.5. The summed E-state index contributed by atoms with van der Waals surface area (Å²) in [6.45, 7) is 5.87. The third kappa shape index (κ3) is 4.42. The maximum absolute atomic E-state index is 12.5. The van der Waals surface area contributed by atoms with Crippen LogP contribution in [0.25, 0.3) is 10.6 Å². The predicted molar refractivity (Wildman–Crippen MR) is 99.5 cm³/mol. The molecule has 0 saturated carbocycles. The summed E-state index contributed by atoms with van der Waals surface area (Å²) in [6.07, 6.45) is 5.24. The summed E-state index contributed by atoms with van der Waals surface area (Å²) in [5.41, 5.74) is 1.88. The van der Waals surface area contributed by atoms with Gasteiger partial charge in [-0.3, -0.25) is 4.79 Å². The Morgan fingerprint density at radius 2 is 1.88 bits per heavy atom. The van der Waals surface area contributed by atoms with Crippen LogP contribution < -0.4 is 5.32 Å². The van der Waals surface area contributed by atoms with Crippen LogP contribution in [0.5, 0.6) is 0 Å². The number of rotatable bonds is 5. The topological polar surface area (TPSA) is 45.2 Å². The first-order chi connectivity index (χ1) is 11.7. The second-order valence-corrected chi connectivity index (χ2v) is 7.31. The number of hydrogen-bond acceptors (Lipinski definition) is 4. The Balaban J connectivity index is 1.56. The number of carbonyl (C=O) groups excluding carboxylic acids is 1.